The van der Waals surface area contributed by atoms with Gasteiger partial charge < -0.3 is 16.2 Å². The number of rotatable bonds is 6. The zero-order valence-corrected chi connectivity index (χ0v) is 11.2. The molecule has 0 bridgehead atoms. The number of nitrogens with one attached hydrogen (secondary N) is 1. The highest BCUT2D eigenvalue weighted by Gasteiger charge is 2.20. The molecule has 108 valence electrons. The van der Waals surface area contributed by atoms with E-state index in [-0.39, 0.29) is 17.8 Å². The molecule has 0 radical (unpaired) electrons. The van der Waals surface area contributed by atoms with Crippen LogP contribution in [-0.4, -0.2) is 28.0 Å². The quantitative estimate of drug-likeness (QED) is 0.701. The number of primary amides is 1. The highest BCUT2D eigenvalue weighted by molar-refractivity contribution is 6.01. The summed E-state index contributed by atoms with van der Waals surface area (Å²) >= 11 is 0. The lowest BCUT2D eigenvalue weighted by molar-refractivity contribution is -0.137. The Labute approximate surface area is 121 Å². The van der Waals surface area contributed by atoms with Gasteiger partial charge in [-0.3, -0.25) is 4.79 Å². The second kappa shape index (κ2) is 6.04. The second-order valence-electron chi connectivity index (χ2n) is 4.50. The summed E-state index contributed by atoms with van der Waals surface area (Å²) in [6.45, 7) is 3.52. The summed E-state index contributed by atoms with van der Waals surface area (Å²) in [6.07, 6.45) is 1.68. The van der Waals surface area contributed by atoms with E-state index in [1.807, 2.05) is 12.1 Å². The minimum absolute atomic E-state index is 0.156. The first-order valence-corrected chi connectivity index (χ1v) is 6.32. The number of nitrogens with two attached hydrogens (primary N) is 1. The summed E-state index contributed by atoms with van der Waals surface area (Å²) in [7, 11) is 0. The molecule has 1 heterocycles. The largest absolute Gasteiger partial charge is 0.480 e. The molecule has 1 atom stereocenters. The van der Waals surface area contributed by atoms with E-state index < -0.39 is 17.9 Å². The standard InChI is InChI=1S/C15H15N3O3/c1-2-5-12(15(20)21)18-14-10(13(16)19)8-9-6-3-4-7-11(9)17-14/h2-4,6-8,12H,1,5H2,(H2,16,19)(H,17,18)(H,20,21). The van der Waals surface area contributed by atoms with Gasteiger partial charge in [0.1, 0.15) is 11.9 Å². The Kier molecular flexibility index (Phi) is 4.18. The minimum Gasteiger partial charge on any atom is -0.480 e. The molecule has 0 saturated carbocycles. The summed E-state index contributed by atoms with van der Waals surface area (Å²) < 4.78 is 0. The van der Waals surface area contributed by atoms with Gasteiger partial charge in [-0.15, -0.1) is 6.58 Å². The van der Waals surface area contributed by atoms with Crippen LogP contribution in [0.3, 0.4) is 0 Å². The fourth-order valence-electron chi connectivity index (χ4n) is 1.97. The van der Waals surface area contributed by atoms with Crippen LogP contribution < -0.4 is 11.1 Å². The fraction of sp³-hybridized carbons (Fsp3) is 0.133. The van der Waals surface area contributed by atoms with Crippen molar-refractivity contribution >= 4 is 28.6 Å². The Balaban J connectivity index is 2.49. The molecule has 6 heteroatoms. The summed E-state index contributed by atoms with van der Waals surface area (Å²) in [5.74, 6) is -1.56. The van der Waals surface area contributed by atoms with Gasteiger partial charge in [0.25, 0.3) is 5.91 Å². The van der Waals surface area contributed by atoms with Crippen molar-refractivity contribution in [3.63, 3.8) is 0 Å². The monoisotopic (exact) mass is 285 g/mol. The molecule has 6 nitrogen and oxygen atoms in total. The number of aliphatic carboxylic acids is 1. The average Bonchev–Trinajstić information content (AvgIpc) is 2.45. The van der Waals surface area contributed by atoms with Crippen molar-refractivity contribution in [2.75, 3.05) is 5.32 Å². The molecular formula is C15H15N3O3. The fourth-order valence-corrected chi connectivity index (χ4v) is 1.97. The normalized spacial score (nSPS) is 11.8. The van der Waals surface area contributed by atoms with Gasteiger partial charge in [-0.05, 0) is 18.6 Å². The van der Waals surface area contributed by atoms with Crippen LogP contribution in [0.15, 0.2) is 43.0 Å². The third-order valence-electron chi connectivity index (χ3n) is 3.00. The van der Waals surface area contributed by atoms with E-state index in [1.54, 1.807) is 18.2 Å². The van der Waals surface area contributed by atoms with Gasteiger partial charge >= 0.3 is 5.97 Å². The van der Waals surface area contributed by atoms with Crippen molar-refractivity contribution in [2.24, 2.45) is 5.73 Å². The van der Waals surface area contributed by atoms with Crippen molar-refractivity contribution in [1.29, 1.82) is 0 Å². The lowest BCUT2D eigenvalue weighted by Gasteiger charge is -2.16. The summed E-state index contributed by atoms with van der Waals surface area (Å²) in [5.41, 5.74) is 6.15. The number of hydrogen-bond donors (Lipinski definition) is 3. The van der Waals surface area contributed by atoms with Crippen LogP contribution >= 0.6 is 0 Å². The van der Waals surface area contributed by atoms with Crippen molar-refractivity contribution in [2.45, 2.75) is 12.5 Å². The van der Waals surface area contributed by atoms with E-state index in [2.05, 4.69) is 16.9 Å². The number of fused-ring (bicyclic) bond motifs is 1. The van der Waals surface area contributed by atoms with Crippen LogP contribution in [0.5, 0.6) is 0 Å². The predicted octanol–water partition coefficient (Wildman–Crippen LogP) is 1.77. The Morgan fingerprint density at radius 1 is 1.43 bits per heavy atom. The molecule has 0 aliphatic rings. The lowest BCUT2D eigenvalue weighted by atomic mass is 10.1. The van der Waals surface area contributed by atoms with Crippen LogP contribution in [-0.2, 0) is 4.79 Å². The van der Waals surface area contributed by atoms with E-state index >= 15 is 0 Å². The molecule has 2 aromatic rings. The van der Waals surface area contributed by atoms with E-state index in [9.17, 15) is 9.59 Å². The highest BCUT2D eigenvalue weighted by Crippen LogP contribution is 2.21. The van der Waals surface area contributed by atoms with Crippen molar-refractivity contribution in [3.05, 3.63) is 48.6 Å². The zero-order valence-electron chi connectivity index (χ0n) is 11.2. The minimum atomic E-state index is -1.06. The Bertz CT molecular complexity index is 712. The Morgan fingerprint density at radius 2 is 2.14 bits per heavy atom. The number of carboxylic acid groups (broad SMARTS) is 1. The SMILES string of the molecule is C=CCC(Nc1nc2ccccc2cc1C(N)=O)C(=O)O. The molecule has 1 unspecified atom stereocenters. The summed E-state index contributed by atoms with van der Waals surface area (Å²) in [5, 5.41) is 12.6. The van der Waals surface area contributed by atoms with Crippen LogP contribution in [0.1, 0.15) is 16.8 Å². The van der Waals surface area contributed by atoms with Gasteiger partial charge in [0.15, 0.2) is 0 Å². The Morgan fingerprint density at radius 3 is 2.76 bits per heavy atom. The second-order valence-corrected chi connectivity index (χ2v) is 4.50. The van der Waals surface area contributed by atoms with E-state index in [4.69, 9.17) is 10.8 Å². The molecule has 0 saturated heterocycles. The van der Waals surface area contributed by atoms with Crippen LogP contribution in [0.2, 0.25) is 0 Å². The molecule has 21 heavy (non-hydrogen) atoms. The van der Waals surface area contributed by atoms with Crippen molar-refractivity contribution in [3.8, 4) is 0 Å². The summed E-state index contributed by atoms with van der Waals surface area (Å²) in [6, 6.07) is 7.88. The van der Waals surface area contributed by atoms with E-state index in [0.29, 0.717) is 5.52 Å². The van der Waals surface area contributed by atoms with Gasteiger partial charge in [0.2, 0.25) is 0 Å². The van der Waals surface area contributed by atoms with Crippen molar-refractivity contribution < 1.29 is 14.7 Å². The van der Waals surface area contributed by atoms with Gasteiger partial charge in [0.05, 0.1) is 11.1 Å². The van der Waals surface area contributed by atoms with Gasteiger partial charge in [-0.25, -0.2) is 9.78 Å². The molecular weight excluding hydrogens is 270 g/mol. The van der Waals surface area contributed by atoms with Gasteiger partial charge in [0, 0.05) is 5.39 Å². The molecule has 2 rings (SSSR count). The number of aromatic nitrogens is 1. The molecule has 0 fully saturated rings. The predicted molar refractivity (Wildman–Crippen MR) is 80.1 cm³/mol. The zero-order chi connectivity index (χ0) is 15.4. The molecule has 0 aliphatic carbocycles. The van der Waals surface area contributed by atoms with Gasteiger partial charge in [-0.2, -0.15) is 0 Å². The number of nitrogens with zero attached hydrogens (tertiary/aromatic N) is 1. The molecule has 1 amide bonds. The topological polar surface area (TPSA) is 105 Å². The summed E-state index contributed by atoms with van der Waals surface area (Å²) in [4.78, 5) is 27.0. The number of hydrogen-bond acceptors (Lipinski definition) is 4. The van der Waals surface area contributed by atoms with Crippen molar-refractivity contribution in [1.82, 2.24) is 4.98 Å². The first-order valence-electron chi connectivity index (χ1n) is 6.32. The van der Waals surface area contributed by atoms with Crippen LogP contribution in [0, 0.1) is 0 Å². The third kappa shape index (κ3) is 3.17. The molecule has 1 aromatic heterocycles. The maximum absolute atomic E-state index is 11.5. The van der Waals surface area contributed by atoms with Crippen LogP contribution in [0.4, 0.5) is 5.82 Å². The maximum Gasteiger partial charge on any atom is 0.326 e. The Hall–Kier alpha value is -2.89. The van der Waals surface area contributed by atoms with E-state index in [1.165, 1.54) is 6.08 Å². The first kappa shape index (κ1) is 14.5. The number of carbonyl (C=O) groups is 2. The number of pyridine rings is 1. The number of carboxylic acids is 1. The van der Waals surface area contributed by atoms with Gasteiger partial charge in [-0.1, -0.05) is 24.3 Å². The number of carbonyl (C=O) groups excluding carboxylic acids is 1. The smallest absolute Gasteiger partial charge is 0.326 e. The molecule has 4 N–H and O–H groups in total. The average molecular weight is 285 g/mol. The molecule has 0 aliphatic heterocycles. The molecule has 1 aromatic carbocycles. The number of anilines is 1. The van der Waals surface area contributed by atoms with Crippen LogP contribution in [0.25, 0.3) is 10.9 Å². The lowest BCUT2D eigenvalue weighted by Crippen LogP contribution is -2.30. The third-order valence-corrected chi connectivity index (χ3v) is 3.00. The maximum atomic E-state index is 11.5. The number of benzene rings is 1. The van der Waals surface area contributed by atoms with E-state index in [0.717, 1.165) is 5.39 Å². The first-order chi connectivity index (χ1) is 10.0. The molecule has 0 spiro atoms. The number of amides is 1. The number of para-hydroxylation sites is 1. The highest BCUT2D eigenvalue weighted by atomic mass is 16.4.